The molecule has 0 saturated heterocycles. The number of hydrogen-bond donors (Lipinski definition) is 2. The molecule has 0 unspecified atom stereocenters. The van der Waals surface area contributed by atoms with Gasteiger partial charge in [0.25, 0.3) is 11.8 Å². The van der Waals surface area contributed by atoms with Gasteiger partial charge in [-0.2, -0.15) is 0 Å². The van der Waals surface area contributed by atoms with Crippen molar-refractivity contribution < 1.29 is 18.4 Å². The van der Waals surface area contributed by atoms with Crippen molar-refractivity contribution in [2.75, 3.05) is 18.5 Å². The number of carbonyl (C=O) groups is 2. The van der Waals surface area contributed by atoms with Crippen molar-refractivity contribution >= 4 is 17.6 Å². The Hall–Kier alpha value is -3.75. The quantitative estimate of drug-likeness (QED) is 0.696. The molecule has 3 aromatic rings. The summed E-state index contributed by atoms with van der Waals surface area (Å²) < 4.78 is 28.7. The number of H-pyrrole nitrogens is 1. The monoisotopic (exact) mass is 381 g/mol. The van der Waals surface area contributed by atoms with Gasteiger partial charge in [0.2, 0.25) is 5.82 Å². The highest BCUT2D eigenvalue weighted by Gasteiger charge is 2.32. The topological polar surface area (TPSA) is 113 Å². The van der Waals surface area contributed by atoms with Gasteiger partial charge in [0, 0.05) is 23.7 Å². The zero-order valence-electron chi connectivity index (χ0n) is 17.6. The summed E-state index contributed by atoms with van der Waals surface area (Å²) in [5.41, 5.74) is 0.983. The predicted molar refractivity (Wildman–Crippen MR) is 100 cm³/mol. The molecule has 0 bridgehead atoms. The molecule has 28 heavy (non-hydrogen) atoms. The molecule has 2 N–H and O–H groups in total. The van der Waals surface area contributed by atoms with Crippen LogP contribution in [0.15, 0.2) is 48.7 Å². The number of aromatic amines is 1. The Labute approximate surface area is 165 Å². The Balaban J connectivity index is 1.51. The maximum absolute atomic E-state index is 13.0. The minimum Gasteiger partial charge on any atom is -0.487 e. The molecule has 1 aliphatic heterocycles. The van der Waals surface area contributed by atoms with Gasteiger partial charge in [-0.1, -0.05) is 30.3 Å². The van der Waals surface area contributed by atoms with Crippen LogP contribution in [0.2, 0.25) is 0 Å². The Morgan fingerprint density at radius 3 is 3.04 bits per heavy atom. The molecule has 9 heteroatoms. The van der Waals surface area contributed by atoms with E-state index in [4.69, 9.17) is 8.85 Å². The minimum absolute atomic E-state index is 0.131. The van der Waals surface area contributed by atoms with Gasteiger partial charge < -0.3 is 10.1 Å². The predicted octanol–water partition coefficient (Wildman–Crippen LogP) is 0.944. The number of amides is 2. The average molecular weight is 381 g/mol. The highest BCUT2D eigenvalue weighted by molar-refractivity contribution is 6.01. The number of pyridine rings is 1. The van der Waals surface area contributed by atoms with Crippen molar-refractivity contribution in [1.82, 2.24) is 25.5 Å². The molecular weight excluding hydrogens is 360 g/mol. The van der Waals surface area contributed by atoms with Crippen molar-refractivity contribution in [2.24, 2.45) is 0 Å². The first-order chi connectivity index (χ1) is 14.8. The van der Waals surface area contributed by atoms with E-state index in [0.29, 0.717) is 17.1 Å². The number of carbonyl (C=O) groups excluding carboxylic acids is 2. The van der Waals surface area contributed by atoms with Crippen LogP contribution in [0.5, 0.6) is 5.75 Å². The first kappa shape index (κ1) is 14.3. The fourth-order valence-corrected chi connectivity index (χ4v) is 2.76. The highest BCUT2D eigenvalue weighted by Crippen LogP contribution is 2.27. The number of anilines is 1. The molecule has 1 aromatic carbocycles. The first-order valence-electron chi connectivity index (χ1n) is 10.0. The molecule has 1 atom stereocenters. The number of fused-ring (bicyclic) bond motifs is 1. The summed E-state index contributed by atoms with van der Waals surface area (Å²) >= 11 is 0. The molecule has 0 saturated carbocycles. The van der Waals surface area contributed by atoms with Crippen LogP contribution in [0, 0.1) is 0 Å². The summed E-state index contributed by atoms with van der Waals surface area (Å²) in [4.78, 5) is 34.3. The number of nitrogens with zero attached hydrogens (tertiary/aromatic N) is 4. The summed E-state index contributed by atoms with van der Waals surface area (Å²) in [7, 11) is 0. The molecule has 0 spiro atoms. The molecule has 2 aromatic heterocycles. The molecule has 0 aliphatic carbocycles. The zero-order valence-corrected chi connectivity index (χ0v) is 14.6. The fraction of sp³-hybridized carbons (Fsp3) is 0.211. The van der Waals surface area contributed by atoms with E-state index < -0.39 is 24.8 Å². The van der Waals surface area contributed by atoms with Crippen LogP contribution in [0.3, 0.4) is 0 Å². The van der Waals surface area contributed by atoms with Crippen molar-refractivity contribution in [2.45, 2.75) is 12.5 Å². The van der Waals surface area contributed by atoms with Crippen molar-refractivity contribution in [3.8, 4) is 5.75 Å². The molecule has 4 rings (SSSR count). The van der Waals surface area contributed by atoms with E-state index in [1.54, 1.807) is 6.07 Å². The normalized spacial score (nSPS) is 18.1. The molecule has 0 fully saturated rings. The Bertz CT molecular complexity index is 1100. The summed E-state index contributed by atoms with van der Waals surface area (Å²) in [5, 5.41) is 9.05. The maximum atomic E-state index is 13.0. The van der Waals surface area contributed by atoms with Gasteiger partial charge in [-0.3, -0.25) is 19.6 Å². The third-order valence-electron chi connectivity index (χ3n) is 4.14. The molecule has 0 radical (unpaired) electrons. The van der Waals surface area contributed by atoms with Crippen LogP contribution in [0.4, 0.5) is 5.82 Å². The van der Waals surface area contributed by atoms with Crippen LogP contribution in [-0.4, -0.2) is 51.6 Å². The number of ether oxygens (including phenoxy) is 1. The largest absolute Gasteiger partial charge is 0.487 e. The lowest BCUT2D eigenvalue weighted by molar-refractivity contribution is -0.120. The lowest BCUT2D eigenvalue weighted by atomic mass is 10.1. The number of benzene rings is 1. The summed E-state index contributed by atoms with van der Waals surface area (Å²) in [6.07, 6.45) is 1.80. The first-order valence-corrected chi connectivity index (χ1v) is 8.51. The lowest BCUT2D eigenvalue weighted by Crippen LogP contribution is -2.49. The summed E-state index contributed by atoms with van der Waals surface area (Å²) in [5.74, 6) is -1.30. The fourth-order valence-electron chi connectivity index (χ4n) is 2.76. The van der Waals surface area contributed by atoms with Gasteiger partial charge in [0.1, 0.15) is 18.5 Å². The van der Waals surface area contributed by atoms with Crippen molar-refractivity contribution in [3.05, 3.63) is 65.9 Å². The van der Waals surface area contributed by atoms with Crippen LogP contribution < -0.4 is 15.0 Å². The Morgan fingerprint density at radius 2 is 2.21 bits per heavy atom. The number of nitrogens with one attached hydrogen (secondary N) is 2. The zero-order chi connectivity index (χ0) is 22.0. The Kier molecular flexibility index (Phi) is 3.82. The Morgan fingerprint density at radius 1 is 1.36 bits per heavy atom. The van der Waals surface area contributed by atoms with Gasteiger partial charge in [-0.15, -0.1) is 5.10 Å². The smallest absolute Gasteiger partial charge is 0.291 e. The van der Waals surface area contributed by atoms with E-state index in [1.807, 2.05) is 30.3 Å². The summed E-state index contributed by atoms with van der Waals surface area (Å²) in [6, 6.07) is 11.3. The number of rotatable bonds is 4. The SMILES string of the molecule is [2H]C([2H])([2H])N1C(=O)[C@@H](NC(=O)c2n[nH]c(Cc3ccccc3)n2)COc2cccnc21. The molecule has 142 valence electrons. The van der Waals surface area contributed by atoms with Crippen LogP contribution in [0.25, 0.3) is 0 Å². The average Bonchev–Trinajstić information content (AvgIpc) is 3.14. The van der Waals surface area contributed by atoms with E-state index in [-0.39, 0.29) is 24.0 Å². The second kappa shape index (κ2) is 7.47. The number of hydrogen-bond acceptors (Lipinski definition) is 6. The van der Waals surface area contributed by atoms with Gasteiger partial charge in [0.15, 0.2) is 11.6 Å². The standard InChI is InChI=1S/C19H18N6O3/c1-25-17-14(8-5-9-20-17)28-11-13(19(25)27)21-18(26)16-22-15(23-24-16)10-12-6-3-2-4-7-12/h2-9,13H,10-11H2,1H3,(H,21,26)(H,22,23,24)/t13-/m0/s1/i1D3. The third-order valence-corrected chi connectivity index (χ3v) is 4.14. The molecule has 9 nitrogen and oxygen atoms in total. The molecule has 2 amide bonds. The molecule has 1 aliphatic rings. The van der Waals surface area contributed by atoms with E-state index in [9.17, 15) is 9.59 Å². The van der Waals surface area contributed by atoms with Crippen molar-refractivity contribution in [3.63, 3.8) is 0 Å². The molecular formula is C19H18N6O3. The second-order valence-electron chi connectivity index (χ2n) is 6.10. The van der Waals surface area contributed by atoms with Gasteiger partial charge in [-0.05, 0) is 17.7 Å². The second-order valence-corrected chi connectivity index (χ2v) is 6.10. The van der Waals surface area contributed by atoms with Gasteiger partial charge >= 0.3 is 0 Å². The van der Waals surface area contributed by atoms with Gasteiger partial charge in [0.05, 0.1) is 0 Å². The van der Waals surface area contributed by atoms with E-state index in [2.05, 4.69) is 25.5 Å². The molecule has 3 heterocycles. The van der Waals surface area contributed by atoms with Gasteiger partial charge in [-0.25, -0.2) is 9.97 Å². The lowest BCUT2D eigenvalue weighted by Gasteiger charge is -2.18. The number of likely N-dealkylation sites (N-methyl/N-ethyl adjacent to an activating group) is 1. The third kappa shape index (κ3) is 3.54. The van der Waals surface area contributed by atoms with Crippen LogP contribution >= 0.6 is 0 Å². The summed E-state index contributed by atoms with van der Waals surface area (Å²) in [6.45, 7) is -3.08. The van der Waals surface area contributed by atoms with E-state index >= 15 is 0 Å². The van der Waals surface area contributed by atoms with E-state index in [1.165, 1.54) is 12.3 Å². The maximum Gasteiger partial charge on any atom is 0.291 e. The van der Waals surface area contributed by atoms with E-state index in [0.717, 1.165) is 5.56 Å². The van der Waals surface area contributed by atoms with Crippen LogP contribution in [0.1, 0.15) is 26.1 Å². The van der Waals surface area contributed by atoms with Crippen LogP contribution in [-0.2, 0) is 11.2 Å². The van der Waals surface area contributed by atoms with Crippen molar-refractivity contribution in [1.29, 1.82) is 0 Å². The number of aromatic nitrogens is 4. The highest BCUT2D eigenvalue weighted by atomic mass is 16.5. The minimum atomic E-state index is -2.82.